The molecule has 0 aliphatic carbocycles. The average Bonchev–Trinajstić information content (AvgIpc) is 2.26. The molecule has 1 rings (SSSR count). The zero-order valence-corrected chi connectivity index (χ0v) is 9.08. The van der Waals surface area contributed by atoms with Crippen LogP contribution in [0.2, 0.25) is 0 Å². The van der Waals surface area contributed by atoms with Gasteiger partial charge in [-0.05, 0) is 25.1 Å². The van der Waals surface area contributed by atoms with Crippen molar-refractivity contribution in [1.29, 1.82) is 0 Å². The van der Waals surface area contributed by atoms with Gasteiger partial charge in [-0.25, -0.2) is 4.39 Å². The van der Waals surface area contributed by atoms with Gasteiger partial charge in [0.05, 0.1) is 7.11 Å². The molecule has 0 aromatic heterocycles. The number of nitrogens with zero attached hydrogens (tertiary/aromatic N) is 1. The molecule has 0 bridgehead atoms. The number of amides is 1. The molecule has 0 fully saturated rings. The van der Waals surface area contributed by atoms with Gasteiger partial charge in [0.2, 0.25) is 0 Å². The Bertz CT molecular complexity index is 366. The third kappa shape index (κ3) is 2.46. The van der Waals surface area contributed by atoms with Gasteiger partial charge >= 0.3 is 0 Å². The van der Waals surface area contributed by atoms with Crippen molar-refractivity contribution in [3.63, 3.8) is 0 Å². The number of carbonyl (C=O) groups is 1. The van der Waals surface area contributed by atoms with Crippen molar-refractivity contribution in [2.75, 3.05) is 20.7 Å². The number of rotatable bonds is 3. The van der Waals surface area contributed by atoms with Gasteiger partial charge in [-0.15, -0.1) is 0 Å². The van der Waals surface area contributed by atoms with Crippen LogP contribution < -0.4 is 4.74 Å². The van der Waals surface area contributed by atoms with Gasteiger partial charge in [0.25, 0.3) is 5.91 Å². The van der Waals surface area contributed by atoms with E-state index in [1.165, 1.54) is 24.1 Å². The number of hydrogen-bond donors (Lipinski definition) is 0. The quantitative estimate of drug-likeness (QED) is 0.764. The van der Waals surface area contributed by atoms with Gasteiger partial charge in [0, 0.05) is 19.2 Å². The fraction of sp³-hybridized carbons (Fsp3) is 0.364. The van der Waals surface area contributed by atoms with Crippen LogP contribution in [0.25, 0.3) is 0 Å². The summed E-state index contributed by atoms with van der Waals surface area (Å²) in [4.78, 5) is 13.2. The molecule has 1 amide bonds. The Kier molecular flexibility index (Phi) is 3.66. The maximum atomic E-state index is 13.3. The third-order valence-electron chi connectivity index (χ3n) is 2.22. The van der Waals surface area contributed by atoms with Gasteiger partial charge in [-0.1, -0.05) is 0 Å². The van der Waals surface area contributed by atoms with Crippen LogP contribution in [0.3, 0.4) is 0 Å². The lowest BCUT2D eigenvalue weighted by atomic mass is 10.2. The van der Waals surface area contributed by atoms with E-state index in [0.29, 0.717) is 12.1 Å². The molecule has 0 aliphatic heterocycles. The van der Waals surface area contributed by atoms with E-state index in [4.69, 9.17) is 4.74 Å². The first kappa shape index (κ1) is 11.5. The molecule has 82 valence electrons. The molecule has 0 heterocycles. The summed E-state index contributed by atoms with van der Waals surface area (Å²) >= 11 is 0. The number of halogens is 1. The third-order valence-corrected chi connectivity index (χ3v) is 2.22. The minimum absolute atomic E-state index is 0.144. The van der Waals surface area contributed by atoms with E-state index in [2.05, 4.69) is 0 Å². The molecule has 0 atom stereocenters. The number of carbonyl (C=O) groups excluding carboxylic acids is 1. The first-order valence-electron chi connectivity index (χ1n) is 4.69. The molecule has 0 N–H and O–H groups in total. The molecule has 4 heteroatoms. The van der Waals surface area contributed by atoms with Crippen LogP contribution in [-0.2, 0) is 0 Å². The van der Waals surface area contributed by atoms with Crippen molar-refractivity contribution in [3.05, 3.63) is 29.6 Å². The monoisotopic (exact) mass is 211 g/mol. The van der Waals surface area contributed by atoms with Gasteiger partial charge in [-0.3, -0.25) is 4.79 Å². The summed E-state index contributed by atoms with van der Waals surface area (Å²) in [6, 6.07) is 4.19. The van der Waals surface area contributed by atoms with Crippen LogP contribution in [0, 0.1) is 5.82 Å². The van der Waals surface area contributed by atoms with E-state index in [-0.39, 0.29) is 11.7 Å². The molecule has 15 heavy (non-hydrogen) atoms. The topological polar surface area (TPSA) is 29.5 Å². The number of methoxy groups -OCH3 is 1. The Hall–Kier alpha value is -1.58. The van der Waals surface area contributed by atoms with E-state index in [0.717, 1.165) is 0 Å². The fourth-order valence-electron chi connectivity index (χ4n) is 1.16. The Morgan fingerprint density at radius 2 is 2.20 bits per heavy atom. The van der Waals surface area contributed by atoms with E-state index in [9.17, 15) is 9.18 Å². The van der Waals surface area contributed by atoms with E-state index in [1.54, 1.807) is 13.1 Å². The van der Waals surface area contributed by atoms with Crippen molar-refractivity contribution < 1.29 is 13.9 Å². The lowest BCUT2D eigenvalue weighted by molar-refractivity contribution is 0.0802. The Balaban J connectivity index is 2.97. The highest BCUT2D eigenvalue weighted by atomic mass is 19.1. The van der Waals surface area contributed by atoms with Gasteiger partial charge < -0.3 is 9.64 Å². The zero-order valence-electron chi connectivity index (χ0n) is 9.08. The van der Waals surface area contributed by atoms with Crippen molar-refractivity contribution in [2.45, 2.75) is 6.92 Å². The first-order valence-corrected chi connectivity index (χ1v) is 4.69. The van der Waals surface area contributed by atoms with Gasteiger partial charge in [0.1, 0.15) is 0 Å². The second-order valence-electron chi connectivity index (χ2n) is 3.17. The summed E-state index contributed by atoms with van der Waals surface area (Å²) in [6.45, 7) is 2.45. The van der Waals surface area contributed by atoms with E-state index >= 15 is 0 Å². The summed E-state index contributed by atoms with van der Waals surface area (Å²) < 4.78 is 18.0. The molecular formula is C11H14FNO2. The van der Waals surface area contributed by atoms with Crippen molar-refractivity contribution in [2.24, 2.45) is 0 Å². The summed E-state index contributed by atoms with van der Waals surface area (Å²) in [5, 5.41) is 0. The molecule has 1 aromatic carbocycles. The number of hydrogen-bond acceptors (Lipinski definition) is 2. The lowest BCUT2D eigenvalue weighted by Crippen LogP contribution is -2.26. The van der Waals surface area contributed by atoms with Crippen molar-refractivity contribution >= 4 is 5.91 Å². The minimum atomic E-state index is -0.521. The van der Waals surface area contributed by atoms with Crippen LogP contribution in [0.15, 0.2) is 18.2 Å². The highest BCUT2D eigenvalue weighted by Gasteiger charge is 2.12. The number of ether oxygens (including phenoxy) is 1. The van der Waals surface area contributed by atoms with Crippen molar-refractivity contribution in [3.8, 4) is 5.75 Å². The van der Waals surface area contributed by atoms with Crippen LogP contribution in [-0.4, -0.2) is 31.5 Å². The maximum absolute atomic E-state index is 13.3. The highest BCUT2D eigenvalue weighted by Crippen LogP contribution is 2.18. The van der Waals surface area contributed by atoms with Crippen LogP contribution in [0.4, 0.5) is 4.39 Å². The van der Waals surface area contributed by atoms with E-state index in [1.807, 2.05) is 6.92 Å². The number of benzene rings is 1. The summed E-state index contributed by atoms with van der Waals surface area (Å²) in [5.41, 5.74) is 0.331. The predicted octanol–water partition coefficient (Wildman–Crippen LogP) is 1.93. The average molecular weight is 211 g/mol. The SMILES string of the molecule is CCN(C)C(=O)c1ccc(OC)c(F)c1. The van der Waals surface area contributed by atoms with Gasteiger partial charge in [-0.2, -0.15) is 0 Å². The molecule has 0 spiro atoms. The molecular weight excluding hydrogens is 197 g/mol. The smallest absolute Gasteiger partial charge is 0.253 e. The molecule has 0 unspecified atom stereocenters. The molecule has 0 saturated heterocycles. The fourth-order valence-corrected chi connectivity index (χ4v) is 1.16. The Morgan fingerprint density at radius 3 is 2.67 bits per heavy atom. The van der Waals surface area contributed by atoms with Gasteiger partial charge in [0.15, 0.2) is 11.6 Å². The zero-order chi connectivity index (χ0) is 11.4. The Labute approximate surface area is 88.5 Å². The molecule has 0 aliphatic rings. The molecule has 1 aromatic rings. The first-order chi connectivity index (χ1) is 7.10. The van der Waals surface area contributed by atoms with E-state index < -0.39 is 5.82 Å². The summed E-state index contributed by atoms with van der Waals surface area (Å²) in [6.07, 6.45) is 0. The summed E-state index contributed by atoms with van der Waals surface area (Å²) in [5.74, 6) is -0.572. The minimum Gasteiger partial charge on any atom is -0.494 e. The molecule has 0 radical (unpaired) electrons. The molecule has 0 saturated carbocycles. The van der Waals surface area contributed by atoms with Crippen LogP contribution in [0.1, 0.15) is 17.3 Å². The molecule has 3 nitrogen and oxygen atoms in total. The Morgan fingerprint density at radius 1 is 1.53 bits per heavy atom. The highest BCUT2D eigenvalue weighted by molar-refractivity contribution is 5.94. The second kappa shape index (κ2) is 4.77. The summed E-state index contributed by atoms with van der Waals surface area (Å²) in [7, 11) is 3.06. The largest absolute Gasteiger partial charge is 0.494 e. The van der Waals surface area contributed by atoms with Crippen molar-refractivity contribution in [1.82, 2.24) is 4.90 Å². The standard InChI is InChI=1S/C11H14FNO2/c1-4-13(2)11(14)8-5-6-10(15-3)9(12)7-8/h5-7H,4H2,1-3H3. The lowest BCUT2D eigenvalue weighted by Gasteiger charge is -2.14. The predicted molar refractivity (Wildman–Crippen MR) is 55.6 cm³/mol. The van der Waals surface area contributed by atoms with Crippen LogP contribution >= 0.6 is 0 Å². The van der Waals surface area contributed by atoms with Crippen LogP contribution in [0.5, 0.6) is 5.75 Å². The second-order valence-corrected chi connectivity index (χ2v) is 3.17. The normalized spacial score (nSPS) is 9.87. The maximum Gasteiger partial charge on any atom is 0.253 e.